The molecule has 1 aromatic carbocycles. The maximum Gasteiger partial charge on any atom is 0.276 e. The molecule has 0 saturated carbocycles. The molecular formula is C18H21Cl2N3O2. The molecule has 134 valence electrons. The van der Waals surface area contributed by atoms with Gasteiger partial charge in [-0.25, -0.2) is 0 Å². The van der Waals surface area contributed by atoms with Gasteiger partial charge in [0, 0.05) is 36.6 Å². The van der Waals surface area contributed by atoms with Gasteiger partial charge in [-0.05, 0) is 37.0 Å². The Morgan fingerprint density at radius 1 is 1.32 bits per heavy atom. The minimum absolute atomic E-state index is 0. The number of aryl methyl sites for hydroxylation is 1. The third kappa shape index (κ3) is 3.54. The van der Waals surface area contributed by atoms with Gasteiger partial charge >= 0.3 is 0 Å². The van der Waals surface area contributed by atoms with E-state index >= 15 is 0 Å². The molecular weight excluding hydrogens is 361 g/mol. The van der Waals surface area contributed by atoms with E-state index in [4.69, 9.17) is 16.1 Å². The molecule has 0 spiro atoms. The molecule has 1 fully saturated rings. The van der Waals surface area contributed by atoms with Gasteiger partial charge in [-0.15, -0.1) is 12.4 Å². The molecule has 1 atom stereocenters. The molecule has 2 aromatic rings. The Kier molecular flexibility index (Phi) is 5.67. The highest BCUT2D eigenvalue weighted by molar-refractivity contribution is 6.30. The van der Waals surface area contributed by atoms with Gasteiger partial charge in [0.2, 0.25) is 0 Å². The molecule has 1 aliphatic heterocycles. The van der Waals surface area contributed by atoms with Crippen LogP contribution in [-0.2, 0) is 12.8 Å². The number of hydrogen-bond donors (Lipinski definition) is 1. The zero-order valence-electron chi connectivity index (χ0n) is 13.8. The van der Waals surface area contributed by atoms with Crippen LogP contribution < -0.4 is 5.32 Å². The Hall–Kier alpha value is -1.56. The Labute approximate surface area is 158 Å². The SMILES string of the molecule is Cl.O=C(c1noc2c1CCCC2)N1CCNCC1c1cccc(Cl)c1. The van der Waals surface area contributed by atoms with Crippen molar-refractivity contribution in [3.05, 3.63) is 51.9 Å². The Morgan fingerprint density at radius 2 is 2.16 bits per heavy atom. The topological polar surface area (TPSA) is 58.4 Å². The van der Waals surface area contributed by atoms with Crippen molar-refractivity contribution in [2.45, 2.75) is 31.7 Å². The fourth-order valence-corrected chi connectivity index (χ4v) is 3.85. The number of nitrogens with one attached hydrogen (secondary N) is 1. The molecule has 4 rings (SSSR count). The molecule has 1 saturated heterocycles. The molecule has 0 bridgehead atoms. The van der Waals surface area contributed by atoms with Crippen LogP contribution in [0.4, 0.5) is 0 Å². The molecule has 1 unspecified atom stereocenters. The van der Waals surface area contributed by atoms with E-state index in [1.165, 1.54) is 0 Å². The number of piperazine rings is 1. The zero-order valence-corrected chi connectivity index (χ0v) is 15.4. The summed E-state index contributed by atoms with van der Waals surface area (Å²) in [6.07, 6.45) is 3.96. The van der Waals surface area contributed by atoms with Crippen LogP contribution in [0, 0.1) is 0 Å². The van der Waals surface area contributed by atoms with Crippen molar-refractivity contribution < 1.29 is 9.32 Å². The van der Waals surface area contributed by atoms with Crippen molar-refractivity contribution in [1.29, 1.82) is 0 Å². The van der Waals surface area contributed by atoms with Gasteiger partial charge in [0.15, 0.2) is 5.69 Å². The van der Waals surface area contributed by atoms with Crippen LogP contribution in [0.1, 0.15) is 46.3 Å². The predicted molar refractivity (Wildman–Crippen MR) is 98.5 cm³/mol. The fourth-order valence-electron chi connectivity index (χ4n) is 3.65. The largest absolute Gasteiger partial charge is 0.360 e. The van der Waals surface area contributed by atoms with Crippen molar-refractivity contribution in [1.82, 2.24) is 15.4 Å². The number of rotatable bonds is 2. The average Bonchev–Trinajstić information content (AvgIpc) is 3.05. The highest BCUT2D eigenvalue weighted by Crippen LogP contribution is 2.29. The number of fused-ring (bicyclic) bond motifs is 1. The van der Waals surface area contributed by atoms with E-state index < -0.39 is 0 Å². The Balaban J connectivity index is 0.00000182. The molecule has 1 amide bonds. The molecule has 5 nitrogen and oxygen atoms in total. The lowest BCUT2D eigenvalue weighted by atomic mass is 9.95. The van der Waals surface area contributed by atoms with E-state index in [9.17, 15) is 4.79 Å². The third-order valence-corrected chi connectivity index (χ3v) is 5.13. The van der Waals surface area contributed by atoms with Crippen molar-refractivity contribution in [3.8, 4) is 0 Å². The number of carbonyl (C=O) groups excluding carboxylic acids is 1. The van der Waals surface area contributed by atoms with Crippen LogP contribution in [0.15, 0.2) is 28.8 Å². The third-order valence-electron chi connectivity index (χ3n) is 4.89. The van der Waals surface area contributed by atoms with E-state index in [0.29, 0.717) is 23.8 Å². The standard InChI is InChI=1S/C18H20ClN3O2.ClH/c19-13-5-3-4-12(10-13)15-11-20-8-9-22(15)18(23)17-14-6-1-2-7-16(14)24-21-17;/h3-5,10,15,20H,1-2,6-9,11H2;1H. The zero-order chi connectivity index (χ0) is 16.5. The first-order valence-corrected chi connectivity index (χ1v) is 8.86. The maximum atomic E-state index is 13.1. The van der Waals surface area contributed by atoms with Crippen LogP contribution in [0.25, 0.3) is 0 Å². The first-order chi connectivity index (χ1) is 11.7. The first kappa shape index (κ1) is 18.2. The van der Waals surface area contributed by atoms with E-state index in [1.807, 2.05) is 29.2 Å². The van der Waals surface area contributed by atoms with E-state index in [1.54, 1.807) is 0 Å². The van der Waals surface area contributed by atoms with Gasteiger partial charge in [-0.3, -0.25) is 4.79 Å². The van der Waals surface area contributed by atoms with Crippen LogP contribution in [0.2, 0.25) is 5.02 Å². The lowest BCUT2D eigenvalue weighted by Crippen LogP contribution is -2.49. The first-order valence-electron chi connectivity index (χ1n) is 8.48. The summed E-state index contributed by atoms with van der Waals surface area (Å²) in [7, 11) is 0. The number of aromatic nitrogens is 1. The fraction of sp³-hybridized carbons (Fsp3) is 0.444. The van der Waals surface area contributed by atoms with Crippen LogP contribution >= 0.6 is 24.0 Å². The second kappa shape index (κ2) is 7.77. The summed E-state index contributed by atoms with van der Waals surface area (Å²) in [4.78, 5) is 15.0. The predicted octanol–water partition coefficient (Wildman–Crippen LogP) is 3.42. The molecule has 25 heavy (non-hydrogen) atoms. The highest BCUT2D eigenvalue weighted by atomic mass is 35.5. The summed E-state index contributed by atoms with van der Waals surface area (Å²) >= 11 is 6.13. The van der Waals surface area contributed by atoms with Gasteiger partial charge in [-0.1, -0.05) is 28.9 Å². The molecule has 0 radical (unpaired) electrons. The number of carbonyl (C=O) groups is 1. The summed E-state index contributed by atoms with van der Waals surface area (Å²) in [5.74, 6) is 0.854. The minimum Gasteiger partial charge on any atom is -0.360 e. The molecule has 7 heteroatoms. The van der Waals surface area contributed by atoms with Crippen LogP contribution in [0.5, 0.6) is 0 Å². The minimum atomic E-state index is -0.0408. The van der Waals surface area contributed by atoms with Gasteiger partial charge < -0.3 is 14.7 Å². The summed E-state index contributed by atoms with van der Waals surface area (Å²) < 4.78 is 5.42. The Morgan fingerprint density at radius 3 is 3.00 bits per heavy atom. The van der Waals surface area contributed by atoms with Crippen molar-refractivity contribution >= 4 is 29.9 Å². The molecule has 1 N–H and O–H groups in total. The number of halogens is 2. The van der Waals surface area contributed by atoms with E-state index in [0.717, 1.165) is 49.1 Å². The van der Waals surface area contributed by atoms with Crippen molar-refractivity contribution in [2.75, 3.05) is 19.6 Å². The summed E-state index contributed by atoms with van der Waals surface area (Å²) in [5, 5.41) is 8.15. The Bertz CT molecular complexity index is 763. The van der Waals surface area contributed by atoms with Crippen molar-refractivity contribution in [3.63, 3.8) is 0 Å². The van der Waals surface area contributed by atoms with Gasteiger partial charge in [-0.2, -0.15) is 0 Å². The van der Waals surface area contributed by atoms with Gasteiger partial charge in [0.1, 0.15) is 5.76 Å². The van der Waals surface area contributed by atoms with Crippen LogP contribution in [-0.4, -0.2) is 35.6 Å². The van der Waals surface area contributed by atoms with Gasteiger partial charge in [0.05, 0.1) is 6.04 Å². The monoisotopic (exact) mass is 381 g/mol. The summed E-state index contributed by atoms with van der Waals surface area (Å²) in [6, 6.07) is 7.68. The number of benzene rings is 1. The lowest BCUT2D eigenvalue weighted by Gasteiger charge is -2.36. The van der Waals surface area contributed by atoms with E-state index in [-0.39, 0.29) is 24.4 Å². The summed E-state index contributed by atoms with van der Waals surface area (Å²) in [6.45, 7) is 2.15. The van der Waals surface area contributed by atoms with Gasteiger partial charge in [0.25, 0.3) is 5.91 Å². The molecule has 1 aromatic heterocycles. The van der Waals surface area contributed by atoms with Crippen molar-refractivity contribution in [2.24, 2.45) is 0 Å². The van der Waals surface area contributed by atoms with E-state index in [2.05, 4.69) is 10.5 Å². The second-order valence-corrected chi connectivity index (χ2v) is 6.85. The average molecular weight is 382 g/mol. The molecule has 2 heterocycles. The maximum absolute atomic E-state index is 13.1. The number of hydrogen-bond acceptors (Lipinski definition) is 4. The smallest absolute Gasteiger partial charge is 0.276 e. The lowest BCUT2D eigenvalue weighted by molar-refractivity contribution is 0.0622. The van der Waals surface area contributed by atoms with Crippen LogP contribution in [0.3, 0.4) is 0 Å². The molecule has 1 aliphatic carbocycles. The number of nitrogens with zero attached hydrogens (tertiary/aromatic N) is 2. The normalized spacial score (nSPS) is 19.9. The summed E-state index contributed by atoms with van der Waals surface area (Å²) in [5.41, 5.74) is 2.55. The number of amides is 1. The quantitative estimate of drug-likeness (QED) is 0.865. The molecule has 2 aliphatic rings. The second-order valence-electron chi connectivity index (χ2n) is 6.41. The highest BCUT2D eigenvalue weighted by Gasteiger charge is 2.33.